The molecule has 0 saturated heterocycles. The van der Waals surface area contributed by atoms with Crippen molar-refractivity contribution in [2.75, 3.05) is 46.2 Å². The van der Waals surface area contributed by atoms with Gasteiger partial charge in [-0.25, -0.2) is 0 Å². The van der Waals surface area contributed by atoms with Crippen LogP contribution >= 0.6 is 0 Å². The summed E-state index contributed by atoms with van der Waals surface area (Å²) in [5, 5.41) is 5.06. The van der Waals surface area contributed by atoms with Gasteiger partial charge in [0.15, 0.2) is 0 Å². The van der Waals surface area contributed by atoms with Crippen LogP contribution in [0.15, 0.2) is 60.7 Å². The standard InChI is InChI=1S/C25H31N3O2/c1-6-30-23-16-13-18-9-7-8-10-21(18)24(23)25(29)26-17-22(28(4)5)19-11-14-20(15-12-19)27(2)3/h7-16,22H,6,17H2,1-5H3,(H,26,29)/t22-/m1/s1. The molecule has 0 aliphatic rings. The van der Waals surface area contributed by atoms with Gasteiger partial charge in [0, 0.05) is 26.3 Å². The molecule has 30 heavy (non-hydrogen) atoms. The Morgan fingerprint density at radius 3 is 2.30 bits per heavy atom. The summed E-state index contributed by atoms with van der Waals surface area (Å²) in [7, 11) is 8.11. The van der Waals surface area contributed by atoms with Crippen molar-refractivity contribution in [3.05, 3.63) is 71.8 Å². The van der Waals surface area contributed by atoms with Crippen LogP contribution < -0.4 is 15.0 Å². The summed E-state index contributed by atoms with van der Waals surface area (Å²) >= 11 is 0. The quantitative estimate of drug-likeness (QED) is 0.606. The number of hydrogen-bond donors (Lipinski definition) is 1. The van der Waals surface area contributed by atoms with E-state index >= 15 is 0 Å². The van der Waals surface area contributed by atoms with Crippen LogP contribution in [-0.4, -0.2) is 52.1 Å². The van der Waals surface area contributed by atoms with E-state index in [4.69, 9.17) is 4.74 Å². The van der Waals surface area contributed by atoms with Crippen LogP contribution in [0.4, 0.5) is 5.69 Å². The molecule has 0 aliphatic carbocycles. The predicted molar refractivity (Wildman–Crippen MR) is 125 cm³/mol. The molecule has 0 bridgehead atoms. The molecule has 0 radical (unpaired) electrons. The molecular formula is C25H31N3O2. The number of rotatable bonds is 8. The molecule has 5 heteroatoms. The van der Waals surface area contributed by atoms with E-state index in [0.29, 0.717) is 24.5 Å². The van der Waals surface area contributed by atoms with E-state index in [0.717, 1.165) is 22.0 Å². The highest BCUT2D eigenvalue weighted by molar-refractivity contribution is 6.09. The molecule has 0 spiro atoms. The average molecular weight is 406 g/mol. The first kappa shape index (κ1) is 21.7. The Balaban J connectivity index is 1.85. The molecule has 3 rings (SSSR count). The lowest BCUT2D eigenvalue weighted by Crippen LogP contribution is -2.34. The normalized spacial score (nSPS) is 12.1. The third-order valence-electron chi connectivity index (χ3n) is 5.29. The summed E-state index contributed by atoms with van der Waals surface area (Å²) in [5.74, 6) is 0.498. The highest BCUT2D eigenvalue weighted by Crippen LogP contribution is 2.28. The number of fused-ring (bicyclic) bond motifs is 1. The summed E-state index contributed by atoms with van der Waals surface area (Å²) in [4.78, 5) is 17.4. The number of hydrogen-bond acceptors (Lipinski definition) is 4. The summed E-state index contributed by atoms with van der Waals surface area (Å²) in [6.07, 6.45) is 0. The summed E-state index contributed by atoms with van der Waals surface area (Å²) < 4.78 is 5.76. The Bertz CT molecular complexity index is 997. The SMILES string of the molecule is CCOc1ccc2ccccc2c1C(=O)NC[C@H](c1ccc(N(C)C)cc1)N(C)C. The molecule has 1 atom stereocenters. The fraction of sp³-hybridized carbons (Fsp3) is 0.320. The topological polar surface area (TPSA) is 44.8 Å². The molecule has 3 aromatic rings. The largest absolute Gasteiger partial charge is 0.493 e. The predicted octanol–water partition coefficient (Wildman–Crippen LogP) is 4.34. The maximum atomic E-state index is 13.2. The van der Waals surface area contributed by atoms with Crippen molar-refractivity contribution < 1.29 is 9.53 Å². The number of anilines is 1. The molecule has 5 nitrogen and oxygen atoms in total. The van der Waals surface area contributed by atoms with Gasteiger partial charge < -0.3 is 19.9 Å². The van der Waals surface area contributed by atoms with Gasteiger partial charge in [-0.15, -0.1) is 0 Å². The van der Waals surface area contributed by atoms with Crippen LogP contribution in [0.2, 0.25) is 0 Å². The molecule has 0 heterocycles. The number of carbonyl (C=O) groups is 1. The van der Waals surface area contributed by atoms with E-state index in [1.807, 2.05) is 71.5 Å². The second-order valence-corrected chi connectivity index (χ2v) is 7.77. The first-order chi connectivity index (χ1) is 14.4. The number of carbonyl (C=O) groups excluding carboxylic acids is 1. The number of benzene rings is 3. The highest BCUT2D eigenvalue weighted by atomic mass is 16.5. The zero-order valence-electron chi connectivity index (χ0n) is 18.5. The second kappa shape index (κ2) is 9.63. The van der Waals surface area contributed by atoms with Crippen LogP contribution in [0, 0.1) is 0 Å². The van der Waals surface area contributed by atoms with Crippen LogP contribution in [0.25, 0.3) is 10.8 Å². The van der Waals surface area contributed by atoms with Crippen molar-refractivity contribution in [3.8, 4) is 5.75 Å². The number of nitrogens with zero attached hydrogens (tertiary/aromatic N) is 2. The Morgan fingerprint density at radius 1 is 0.967 bits per heavy atom. The van der Waals surface area contributed by atoms with Gasteiger partial charge in [0.2, 0.25) is 0 Å². The first-order valence-electron chi connectivity index (χ1n) is 10.3. The third kappa shape index (κ3) is 4.74. The Labute approximate surface area is 179 Å². The molecular weight excluding hydrogens is 374 g/mol. The molecule has 0 fully saturated rings. The second-order valence-electron chi connectivity index (χ2n) is 7.77. The fourth-order valence-corrected chi connectivity index (χ4v) is 3.63. The zero-order chi connectivity index (χ0) is 21.7. The van der Waals surface area contributed by atoms with E-state index in [1.165, 1.54) is 0 Å². The van der Waals surface area contributed by atoms with Gasteiger partial charge in [-0.3, -0.25) is 4.79 Å². The Hall–Kier alpha value is -3.05. The molecule has 0 aliphatic heterocycles. The van der Waals surface area contributed by atoms with Crippen LogP contribution in [0.5, 0.6) is 5.75 Å². The van der Waals surface area contributed by atoms with Gasteiger partial charge >= 0.3 is 0 Å². The monoisotopic (exact) mass is 405 g/mol. The molecule has 1 amide bonds. The summed E-state index contributed by atoms with van der Waals surface area (Å²) in [6.45, 7) is 2.94. The van der Waals surface area contributed by atoms with E-state index in [2.05, 4.69) is 39.4 Å². The van der Waals surface area contributed by atoms with E-state index in [-0.39, 0.29) is 11.9 Å². The van der Waals surface area contributed by atoms with Crippen molar-refractivity contribution in [2.24, 2.45) is 0 Å². The van der Waals surface area contributed by atoms with E-state index in [9.17, 15) is 4.79 Å². The minimum atomic E-state index is -0.119. The van der Waals surface area contributed by atoms with E-state index < -0.39 is 0 Å². The van der Waals surface area contributed by atoms with Gasteiger partial charge in [0.1, 0.15) is 5.75 Å². The number of likely N-dealkylation sites (N-methyl/N-ethyl adjacent to an activating group) is 1. The summed E-state index contributed by atoms with van der Waals surface area (Å²) in [6, 6.07) is 20.3. The van der Waals surface area contributed by atoms with Crippen molar-refractivity contribution in [3.63, 3.8) is 0 Å². The minimum Gasteiger partial charge on any atom is -0.493 e. The van der Waals surface area contributed by atoms with Crippen LogP contribution in [0.1, 0.15) is 28.9 Å². The molecule has 0 unspecified atom stereocenters. The number of nitrogens with one attached hydrogen (secondary N) is 1. The lowest BCUT2D eigenvalue weighted by atomic mass is 10.0. The minimum absolute atomic E-state index is 0.0654. The van der Waals surface area contributed by atoms with Crippen LogP contribution in [0.3, 0.4) is 0 Å². The third-order valence-corrected chi connectivity index (χ3v) is 5.29. The van der Waals surface area contributed by atoms with Gasteiger partial charge in [0.05, 0.1) is 18.2 Å². The average Bonchev–Trinajstić information content (AvgIpc) is 2.74. The van der Waals surface area contributed by atoms with Gasteiger partial charge in [-0.1, -0.05) is 42.5 Å². The lowest BCUT2D eigenvalue weighted by molar-refractivity contribution is 0.0940. The molecule has 0 saturated carbocycles. The highest BCUT2D eigenvalue weighted by Gasteiger charge is 2.20. The Morgan fingerprint density at radius 2 is 1.67 bits per heavy atom. The number of ether oxygens (including phenoxy) is 1. The maximum absolute atomic E-state index is 13.2. The fourth-order valence-electron chi connectivity index (χ4n) is 3.63. The van der Waals surface area contributed by atoms with Crippen molar-refractivity contribution in [1.29, 1.82) is 0 Å². The zero-order valence-corrected chi connectivity index (χ0v) is 18.5. The van der Waals surface area contributed by atoms with Crippen LogP contribution in [-0.2, 0) is 0 Å². The first-order valence-corrected chi connectivity index (χ1v) is 10.3. The van der Waals surface area contributed by atoms with Crippen molar-refractivity contribution in [1.82, 2.24) is 10.2 Å². The van der Waals surface area contributed by atoms with Gasteiger partial charge in [-0.05, 0) is 55.6 Å². The van der Waals surface area contributed by atoms with Crippen molar-refractivity contribution >= 4 is 22.4 Å². The molecule has 0 aromatic heterocycles. The Kier molecular flexibility index (Phi) is 6.95. The lowest BCUT2D eigenvalue weighted by Gasteiger charge is -2.26. The maximum Gasteiger partial charge on any atom is 0.255 e. The number of amides is 1. The summed E-state index contributed by atoms with van der Waals surface area (Å²) in [5.41, 5.74) is 2.90. The smallest absolute Gasteiger partial charge is 0.255 e. The molecule has 3 aromatic carbocycles. The van der Waals surface area contributed by atoms with Crippen molar-refractivity contribution in [2.45, 2.75) is 13.0 Å². The van der Waals surface area contributed by atoms with E-state index in [1.54, 1.807) is 0 Å². The van der Waals surface area contributed by atoms with Gasteiger partial charge in [-0.2, -0.15) is 0 Å². The van der Waals surface area contributed by atoms with Gasteiger partial charge in [0.25, 0.3) is 5.91 Å². The molecule has 1 N–H and O–H groups in total. The molecule has 158 valence electrons.